The fourth-order valence-corrected chi connectivity index (χ4v) is 0.688. The highest BCUT2D eigenvalue weighted by Gasteiger charge is 1.91. The van der Waals surface area contributed by atoms with Gasteiger partial charge in [0, 0.05) is 6.20 Å². The van der Waals surface area contributed by atoms with Gasteiger partial charge in [-0.05, 0) is 18.6 Å². The monoisotopic (exact) mass is 136 g/mol. The second kappa shape index (κ2) is 2.96. The van der Waals surface area contributed by atoms with Crippen LogP contribution in [0.3, 0.4) is 0 Å². The molecule has 0 spiro atoms. The van der Waals surface area contributed by atoms with Crippen LogP contribution in [0.5, 0.6) is 0 Å². The van der Waals surface area contributed by atoms with Crippen LogP contribution >= 0.6 is 0 Å². The Bertz CT molecular complexity index is 245. The first-order valence-electron chi connectivity index (χ1n) is 2.93. The van der Waals surface area contributed by atoms with Crippen LogP contribution in [0.25, 0.3) is 0 Å². The lowest BCUT2D eigenvalue weighted by Crippen LogP contribution is -1.89. The van der Waals surface area contributed by atoms with Gasteiger partial charge in [-0.1, -0.05) is 11.2 Å². The highest BCUT2D eigenvalue weighted by molar-refractivity contribution is 5.78. The van der Waals surface area contributed by atoms with Gasteiger partial charge in [0.15, 0.2) is 0 Å². The summed E-state index contributed by atoms with van der Waals surface area (Å²) < 4.78 is 0. The predicted molar refractivity (Wildman–Crippen MR) is 38.4 cm³/mol. The van der Waals surface area contributed by atoms with Crippen molar-refractivity contribution in [2.24, 2.45) is 5.16 Å². The fraction of sp³-hybridized carbons (Fsp3) is 0.143. The number of rotatable bonds is 1. The number of nitrogens with zero attached hydrogens (tertiary/aromatic N) is 2. The first-order valence-corrected chi connectivity index (χ1v) is 2.93. The van der Waals surface area contributed by atoms with E-state index in [1.807, 2.05) is 19.1 Å². The molecule has 0 amide bonds. The van der Waals surface area contributed by atoms with Crippen molar-refractivity contribution in [2.75, 3.05) is 0 Å². The van der Waals surface area contributed by atoms with Gasteiger partial charge in [-0.15, -0.1) is 0 Å². The van der Waals surface area contributed by atoms with E-state index in [2.05, 4.69) is 10.1 Å². The van der Waals surface area contributed by atoms with Crippen molar-refractivity contribution in [1.29, 1.82) is 0 Å². The maximum atomic E-state index is 8.17. The summed E-state index contributed by atoms with van der Waals surface area (Å²) in [5.41, 5.74) is 1.70. The lowest BCUT2D eigenvalue weighted by molar-refractivity contribution is 0.321. The third-order valence-electron chi connectivity index (χ3n) is 1.23. The normalized spacial score (nSPS) is 10.5. The van der Waals surface area contributed by atoms with Crippen molar-refractivity contribution in [3.05, 3.63) is 29.6 Å². The van der Waals surface area contributed by atoms with Crippen molar-refractivity contribution < 1.29 is 5.21 Å². The standard InChI is InChI=1S/C7H8N2O/c1-6-3-2-4-8-7(6)5-9-10/h2-5,10H,1H3/b9-5+. The summed E-state index contributed by atoms with van der Waals surface area (Å²) in [6, 6.07) is 3.74. The molecule has 0 radical (unpaired) electrons. The Balaban J connectivity index is 3.03. The Kier molecular flexibility index (Phi) is 1.99. The Hall–Kier alpha value is -1.38. The van der Waals surface area contributed by atoms with Gasteiger partial charge in [-0.2, -0.15) is 0 Å². The molecule has 0 aliphatic rings. The van der Waals surface area contributed by atoms with Gasteiger partial charge in [0.25, 0.3) is 0 Å². The molecule has 0 saturated carbocycles. The van der Waals surface area contributed by atoms with E-state index in [4.69, 9.17) is 5.21 Å². The zero-order chi connectivity index (χ0) is 7.40. The minimum absolute atomic E-state index is 0.699. The van der Waals surface area contributed by atoms with E-state index in [1.165, 1.54) is 6.21 Å². The molecular formula is C7H8N2O. The molecule has 0 fully saturated rings. The number of pyridine rings is 1. The molecule has 1 rings (SSSR count). The van der Waals surface area contributed by atoms with E-state index >= 15 is 0 Å². The molecule has 1 heterocycles. The minimum Gasteiger partial charge on any atom is -0.411 e. The first-order chi connectivity index (χ1) is 4.84. The van der Waals surface area contributed by atoms with Crippen molar-refractivity contribution in [3.8, 4) is 0 Å². The molecule has 1 aromatic heterocycles. The Morgan fingerprint density at radius 2 is 2.50 bits per heavy atom. The SMILES string of the molecule is Cc1cccnc1/C=N/O. The van der Waals surface area contributed by atoms with E-state index in [9.17, 15) is 0 Å². The number of aryl methyl sites for hydroxylation is 1. The molecular weight excluding hydrogens is 128 g/mol. The molecule has 1 aromatic rings. The second-order valence-electron chi connectivity index (χ2n) is 1.95. The van der Waals surface area contributed by atoms with Gasteiger partial charge in [0.1, 0.15) is 0 Å². The van der Waals surface area contributed by atoms with E-state index in [1.54, 1.807) is 6.20 Å². The molecule has 3 heteroatoms. The third-order valence-corrected chi connectivity index (χ3v) is 1.23. The Labute approximate surface area is 59.0 Å². The van der Waals surface area contributed by atoms with Crippen LogP contribution in [-0.4, -0.2) is 16.4 Å². The number of aromatic nitrogens is 1. The summed E-state index contributed by atoms with van der Waals surface area (Å²) in [4.78, 5) is 3.96. The molecule has 1 N–H and O–H groups in total. The molecule has 10 heavy (non-hydrogen) atoms. The van der Waals surface area contributed by atoms with Gasteiger partial charge in [-0.3, -0.25) is 4.98 Å². The van der Waals surface area contributed by atoms with Gasteiger partial charge in [0.2, 0.25) is 0 Å². The summed E-state index contributed by atoms with van der Waals surface area (Å²) in [5.74, 6) is 0. The van der Waals surface area contributed by atoms with Gasteiger partial charge in [0.05, 0.1) is 11.9 Å². The van der Waals surface area contributed by atoms with Crippen LogP contribution in [0.1, 0.15) is 11.3 Å². The predicted octanol–water partition coefficient (Wildman–Crippen LogP) is 1.20. The Morgan fingerprint density at radius 1 is 1.70 bits per heavy atom. The summed E-state index contributed by atoms with van der Waals surface area (Å²) in [6.45, 7) is 1.91. The van der Waals surface area contributed by atoms with Crippen LogP contribution in [-0.2, 0) is 0 Å². The topological polar surface area (TPSA) is 45.5 Å². The molecule has 0 unspecified atom stereocenters. The van der Waals surface area contributed by atoms with E-state index in [-0.39, 0.29) is 0 Å². The van der Waals surface area contributed by atoms with Gasteiger partial charge < -0.3 is 5.21 Å². The molecule has 0 aliphatic heterocycles. The minimum atomic E-state index is 0.699. The molecule has 0 atom stereocenters. The summed E-state index contributed by atoms with van der Waals surface area (Å²) >= 11 is 0. The lowest BCUT2D eigenvalue weighted by Gasteiger charge is -1.93. The van der Waals surface area contributed by atoms with Crippen LogP contribution in [0.15, 0.2) is 23.5 Å². The molecule has 0 aromatic carbocycles. The maximum absolute atomic E-state index is 8.17. The zero-order valence-electron chi connectivity index (χ0n) is 5.65. The highest BCUT2D eigenvalue weighted by Crippen LogP contribution is 1.98. The van der Waals surface area contributed by atoms with Crippen molar-refractivity contribution in [2.45, 2.75) is 6.92 Å². The first kappa shape index (κ1) is 6.74. The number of hydrogen-bond acceptors (Lipinski definition) is 3. The lowest BCUT2D eigenvalue weighted by atomic mass is 10.2. The van der Waals surface area contributed by atoms with Crippen molar-refractivity contribution in [1.82, 2.24) is 4.98 Å². The van der Waals surface area contributed by atoms with Gasteiger partial charge in [-0.25, -0.2) is 0 Å². The van der Waals surface area contributed by atoms with E-state index in [0.29, 0.717) is 5.69 Å². The quantitative estimate of drug-likeness (QED) is 0.358. The zero-order valence-corrected chi connectivity index (χ0v) is 5.65. The number of hydrogen-bond donors (Lipinski definition) is 1. The van der Waals surface area contributed by atoms with Gasteiger partial charge >= 0.3 is 0 Å². The van der Waals surface area contributed by atoms with Crippen LogP contribution in [0, 0.1) is 6.92 Å². The summed E-state index contributed by atoms with van der Waals surface area (Å²) in [6.07, 6.45) is 2.97. The average Bonchev–Trinajstić information content (AvgIpc) is 1.94. The second-order valence-corrected chi connectivity index (χ2v) is 1.95. The van der Waals surface area contributed by atoms with E-state index in [0.717, 1.165) is 5.56 Å². The number of oxime groups is 1. The van der Waals surface area contributed by atoms with Crippen LogP contribution in [0.4, 0.5) is 0 Å². The molecule has 52 valence electrons. The summed E-state index contributed by atoms with van der Waals surface area (Å²) in [5, 5.41) is 11.1. The Morgan fingerprint density at radius 3 is 3.10 bits per heavy atom. The molecule has 3 nitrogen and oxygen atoms in total. The third kappa shape index (κ3) is 1.31. The smallest absolute Gasteiger partial charge is 0.0920 e. The van der Waals surface area contributed by atoms with Crippen LogP contribution < -0.4 is 0 Å². The average molecular weight is 136 g/mol. The maximum Gasteiger partial charge on any atom is 0.0920 e. The van der Waals surface area contributed by atoms with E-state index < -0.39 is 0 Å². The highest BCUT2D eigenvalue weighted by atomic mass is 16.4. The van der Waals surface area contributed by atoms with Crippen molar-refractivity contribution >= 4 is 6.21 Å². The fourth-order valence-electron chi connectivity index (χ4n) is 0.688. The largest absolute Gasteiger partial charge is 0.411 e. The molecule has 0 saturated heterocycles. The molecule has 0 aliphatic carbocycles. The van der Waals surface area contributed by atoms with Crippen LogP contribution in [0.2, 0.25) is 0 Å². The van der Waals surface area contributed by atoms with Crippen molar-refractivity contribution in [3.63, 3.8) is 0 Å². The summed E-state index contributed by atoms with van der Waals surface area (Å²) in [7, 11) is 0. The molecule has 0 bridgehead atoms.